The minimum Gasteiger partial charge on any atom is -0.315 e. The molecule has 0 spiro atoms. The second kappa shape index (κ2) is 8.26. The third-order valence-electron chi connectivity index (χ3n) is 3.62. The lowest BCUT2D eigenvalue weighted by Crippen LogP contribution is -2.23. The lowest BCUT2D eigenvalue weighted by molar-refractivity contribution is -0.117. The van der Waals surface area contributed by atoms with Gasteiger partial charge < -0.3 is 9.80 Å². The molecule has 2 aromatic carbocycles. The zero-order valence-corrected chi connectivity index (χ0v) is 15.8. The van der Waals surface area contributed by atoms with Gasteiger partial charge in [0.2, 0.25) is 11.8 Å². The summed E-state index contributed by atoms with van der Waals surface area (Å²) < 4.78 is 0. The van der Waals surface area contributed by atoms with Gasteiger partial charge in [0.05, 0.1) is 11.4 Å². The van der Waals surface area contributed by atoms with E-state index in [9.17, 15) is 9.59 Å². The van der Waals surface area contributed by atoms with Crippen LogP contribution >= 0.6 is 21.6 Å². The summed E-state index contributed by atoms with van der Waals surface area (Å²) >= 11 is 0. The number of hydrogen-bond donors (Lipinski definition) is 0. The van der Waals surface area contributed by atoms with Crippen molar-refractivity contribution < 1.29 is 9.59 Å². The average molecular weight is 361 g/mol. The zero-order chi connectivity index (χ0) is 17.7. The van der Waals surface area contributed by atoms with Crippen LogP contribution in [-0.4, -0.2) is 25.9 Å². The molecule has 0 aromatic heterocycles. The first kappa shape index (κ1) is 18.4. The Morgan fingerprint density at radius 3 is 1.38 bits per heavy atom. The topological polar surface area (TPSA) is 40.6 Å². The van der Waals surface area contributed by atoms with Crippen molar-refractivity contribution in [2.75, 3.05) is 23.9 Å². The highest BCUT2D eigenvalue weighted by Gasteiger charge is 2.14. The molecule has 0 atom stereocenters. The van der Waals surface area contributed by atoms with Gasteiger partial charge in [-0.3, -0.25) is 9.59 Å². The molecule has 24 heavy (non-hydrogen) atoms. The highest BCUT2D eigenvalue weighted by molar-refractivity contribution is 8.76. The van der Waals surface area contributed by atoms with Crippen LogP contribution in [0, 0.1) is 0 Å². The van der Waals surface area contributed by atoms with Gasteiger partial charge >= 0.3 is 0 Å². The Balaban J connectivity index is 2.24. The second-order valence-electron chi connectivity index (χ2n) is 5.26. The number of nitrogens with zero attached hydrogens (tertiary/aromatic N) is 2. The molecular weight excluding hydrogens is 340 g/mol. The van der Waals surface area contributed by atoms with E-state index in [1.54, 1.807) is 59.3 Å². The lowest BCUT2D eigenvalue weighted by Gasteiger charge is -2.20. The quantitative estimate of drug-likeness (QED) is 0.739. The second-order valence-corrected chi connectivity index (χ2v) is 7.47. The SMILES string of the molecule is CC(=O)N(C)c1ccccc1SSc1ccccc1N(C)C(C)=O. The van der Waals surface area contributed by atoms with Crippen LogP contribution in [-0.2, 0) is 9.59 Å². The maximum atomic E-state index is 11.7. The zero-order valence-electron chi connectivity index (χ0n) is 14.1. The van der Waals surface area contributed by atoms with Gasteiger partial charge in [-0.1, -0.05) is 45.9 Å². The molecule has 6 heteroatoms. The van der Waals surface area contributed by atoms with E-state index in [0.717, 1.165) is 21.2 Å². The Labute approximate surface area is 150 Å². The van der Waals surface area contributed by atoms with Gasteiger partial charge in [-0.15, -0.1) is 0 Å². The first-order valence-corrected chi connectivity index (χ1v) is 9.58. The smallest absolute Gasteiger partial charge is 0.223 e. The first-order valence-electron chi connectivity index (χ1n) is 7.43. The Hall–Kier alpha value is -1.92. The standard InChI is InChI=1S/C18H20N2O2S2/c1-13(21)19(3)15-9-5-7-11-17(15)23-24-18-12-8-6-10-16(18)20(4)14(2)22/h5-12H,1-4H3. The fourth-order valence-corrected chi connectivity index (χ4v) is 4.45. The molecule has 0 fully saturated rings. The molecule has 2 aromatic rings. The minimum absolute atomic E-state index is 0.00948. The van der Waals surface area contributed by atoms with E-state index >= 15 is 0 Å². The van der Waals surface area contributed by atoms with E-state index in [2.05, 4.69) is 0 Å². The number of para-hydroxylation sites is 2. The molecule has 0 radical (unpaired) electrons. The van der Waals surface area contributed by atoms with Crippen LogP contribution in [0.15, 0.2) is 58.3 Å². The molecule has 0 aliphatic rings. The normalized spacial score (nSPS) is 10.3. The van der Waals surface area contributed by atoms with Crippen molar-refractivity contribution in [1.82, 2.24) is 0 Å². The molecule has 4 nitrogen and oxygen atoms in total. The Kier molecular flexibility index (Phi) is 6.34. The van der Waals surface area contributed by atoms with Crippen molar-refractivity contribution in [3.05, 3.63) is 48.5 Å². The van der Waals surface area contributed by atoms with E-state index < -0.39 is 0 Å². The summed E-state index contributed by atoms with van der Waals surface area (Å²) in [6.07, 6.45) is 0. The molecule has 0 aliphatic carbocycles. The number of benzene rings is 2. The molecule has 2 amide bonds. The number of hydrogen-bond acceptors (Lipinski definition) is 4. The summed E-state index contributed by atoms with van der Waals surface area (Å²) in [4.78, 5) is 28.6. The third kappa shape index (κ3) is 4.33. The van der Waals surface area contributed by atoms with Crippen molar-refractivity contribution >= 4 is 44.8 Å². The molecule has 0 heterocycles. The average Bonchev–Trinajstić information content (AvgIpc) is 2.59. The van der Waals surface area contributed by atoms with Crippen LogP contribution in [0.3, 0.4) is 0 Å². The van der Waals surface area contributed by atoms with Crippen molar-refractivity contribution in [3.8, 4) is 0 Å². The van der Waals surface area contributed by atoms with Crippen LogP contribution in [0.4, 0.5) is 11.4 Å². The maximum Gasteiger partial charge on any atom is 0.223 e. The fourth-order valence-electron chi connectivity index (χ4n) is 2.04. The van der Waals surface area contributed by atoms with Gasteiger partial charge in [0, 0.05) is 37.7 Å². The van der Waals surface area contributed by atoms with Crippen molar-refractivity contribution in [1.29, 1.82) is 0 Å². The molecule has 2 rings (SSSR count). The summed E-state index contributed by atoms with van der Waals surface area (Å²) in [5.41, 5.74) is 1.75. The largest absolute Gasteiger partial charge is 0.315 e. The predicted molar refractivity (Wildman–Crippen MR) is 103 cm³/mol. The van der Waals surface area contributed by atoms with E-state index in [1.165, 1.54) is 0 Å². The van der Waals surface area contributed by atoms with Crippen LogP contribution in [0.25, 0.3) is 0 Å². The van der Waals surface area contributed by atoms with Gasteiger partial charge in [0.15, 0.2) is 0 Å². The summed E-state index contributed by atoms with van der Waals surface area (Å²) in [6, 6.07) is 15.6. The molecule has 0 unspecified atom stereocenters. The van der Waals surface area contributed by atoms with Crippen molar-refractivity contribution in [3.63, 3.8) is 0 Å². The van der Waals surface area contributed by atoms with Crippen LogP contribution in [0.2, 0.25) is 0 Å². The monoisotopic (exact) mass is 360 g/mol. The lowest BCUT2D eigenvalue weighted by atomic mass is 10.3. The van der Waals surface area contributed by atoms with Gasteiger partial charge in [0.1, 0.15) is 0 Å². The molecule has 0 saturated carbocycles. The van der Waals surface area contributed by atoms with Gasteiger partial charge in [0.25, 0.3) is 0 Å². The number of carbonyl (C=O) groups is 2. The van der Waals surface area contributed by atoms with E-state index in [1.807, 2.05) is 48.5 Å². The molecule has 126 valence electrons. The van der Waals surface area contributed by atoms with E-state index in [-0.39, 0.29) is 11.8 Å². The predicted octanol–water partition coefficient (Wildman–Crippen LogP) is 4.45. The molecule has 0 saturated heterocycles. The summed E-state index contributed by atoms with van der Waals surface area (Å²) in [7, 11) is 6.68. The van der Waals surface area contributed by atoms with Gasteiger partial charge in [-0.05, 0) is 24.3 Å². The van der Waals surface area contributed by atoms with Crippen LogP contribution < -0.4 is 9.80 Å². The Morgan fingerprint density at radius 1 is 0.708 bits per heavy atom. The molecular formula is C18H20N2O2S2. The number of amides is 2. The number of anilines is 2. The first-order chi connectivity index (χ1) is 11.4. The Morgan fingerprint density at radius 2 is 1.04 bits per heavy atom. The van der Waals surface area contributed by atoms with Crippen LogP contribution in [0.5, 0.6) is 0 Å². The maximum absolute atomic E-state index is 11.7. The summed E-state index contributed by atoms with van der Waals surface area (Å²) in [5, 5.41) is 0. The highest BCUT2D eigenvalue weighted by atomic mass is 33.1. The van der Waals surface area contributed by atoms with Crippen molar-refractivity contribution in [2.24, 2.45) is 0 Å². The minimum atomic E-state index is -0.00948. The highest BCUT2D eigenvalue weighted by Crippen LogP contribution is 2.44. The summed E-state index contributed by atoms with van der Waals surface area (Å²) in [5.74, 6) is -0.0190. The summed E-state index contributed by atoms with van der Waals surface area (Å²) in [6.45, 7) is 3.09. The van der Waals surface area contributed by atoms with E-state index in [4.69, 9.17) is 0 Å². The number of carbonyl (C=O) groups excluding carboxylic acids is 2. The van der Waals surface area contributed by atoms with Crippen molar-refractivity contribution in [2.45, 2.75) is 23.6 Å². The molecule has 0 aliphatic heterocycles. The molecule has 0 N–H and O–H groups in total. The number of rotatable bonds is 5. The van der Waals surface area contributed by atoms with Gasteiger partial charge in [-0.2, -0.15) is 0 Å². The third-order valence-corrected chi connectivity index (χ3v) is 6.08. The Bertz CT molecular complexity index is 686. The fraction of sp³-hybridized carbons (Fsp3) is 0.222. The van der Waals surface area contributed by atoms with Gasteiger partial charge in [-0.25, -0.2) is 0 Å². The molecule has 0 bridgehead atoms. The van der Waals surface area contributed by atoms with Crippen LogP contribution in [0.1, 0.15) is 13.8 Å². The van der Waals surface area contributed by atoms with E-state index in [0.29, 0.717) is 0 Å².